The molecule has 1 atom stereocenters. The molecular formula is C17H25NO3. The third-order valence-corrected chi connectivity index (χ3v) is 3.58. The number of carboxylic acid groups (broad SMARTS) is 1. The minimum atomic E-state index is -0.898. The second kappa shape index (κ2) is 7.81. The summed E-state index contributed by atoms with van der Waals surface area (Å²) in [5, 5.41) is 11.5. The van der Waals surface area contributed by atoms with Crippen LogP contribution in [0.2, 0.25) is 0 Å². The van der Waals surface area contributed by atoms with Crippen LogP contribution in [0.4, 0.5) is 0 Å². The zero-order chi connectivity index (χ0) is 15.9. The number of benzene rings is 1. The summed E-state index contributed by atoms with van der Waals surface area (Å²) in [4.78, 5) is 22.8. The maximum absolute atomic E-state index is 12.2. The summed E-state index contributed by atoms with van der Waals surface area (Å²) in [5.41, 5.74) is 0.787. The Labute approximate surface area is 126 Å². The van der Waals surface area contributed by atoms with Gasteiger partial charge >= 0.3 is 5.97 Å². The Kier molecular flexibility index (Phi) is 6.40. The standard InChI is InChI=1S/C17H25NO3/c1-13(12-15(19)20)18-16(21)17(2,3)11-7-10-14-8-5-4-6-9-14/h4-6,8-9,13H,7,10-12H2,1-3H3,(H,18,21)(H,19,20). The molecule has 21 heavy (non-hydrogen) atoms. The number of carbonyl (C=O) groups is 2. The lowest BCUT2D eigenvalue weighted by Crippen LogP contribution is -2.42. The van der Waals surface area contributed by atoms with Gasteiger partial charge in [0.05, 0.1) is 6.42 Å². The van der Waals surface area contributed by atoms with Crippen molar-refractivity contribution in [2.45, 2.75) is 52.5 Å². The topological polar surface area (TPSA) is 66.4 Å². The van der Waals surface area contributed by atoms with Gasteiger partial charge in [-0.3, -0.25) is 9.59 Å². The largest absolute Gasteiger partial charge is 0.481 e. The summed E-state index contributed by atoms with van der Waals surface area (Å²) in [7, 11) is 0. The molecule has 0 spiro atoms. The van der Waals surface area contributed by atoms with E-state index in [-0.39, 0.29) is 18.4 Å². The number of nitrogens with one attached hydrogen (secondary N) is 1. The van der Waals surface area contributed by atoms with Crippen molar-refractivity contribution in [2.24, 2.45) is 5.41 Å². The van der Waals surface area contributed by atoms with Crippen molar-refractivity contribution in [3.8, 4) is 0 Å². The molecule has 1 amide bonds. The molecule has 1 aromatic rings. The van der Waals surface area contributed by atoms with Crippen LogP contribution in [-0.2, 0) is 16.0 Å². The molecule has 116 valence electrons. The van der Waals surface area contributed by atoms with Gasteiger partial charge in [-0.25, -0.2) is 0 Å². The molecule has 0 fully saturated rings. The molecule has 0 aromatic heterocycles. The second-order valence-electron chi connectivity index (χ2n) is 6.20. The van der Waals surface area contributed by atoms with E-state index in [1.807, 2.05) is 32.0 Å². The van der Waals surface area contributed by atoms with Gasteiger partial charge in [0, 0.05) is 11.5 Å². The highest BCUT2D eigenvalue weighted by Crippen LogP contribution is 2.24. The Balaban J connectivity index is 2.41. The SMILES string of the molecule is CC(CC(=O)O)NC(=O)C(C)(C)CCCc1ccccc1. The first-order valence-corrected chi connectivity index (χ1v) is 7.38. The van der Waals surface area contributed by atoms with Gasteiger partial charge in [-0.1, -0.05) is 44.2 Å². The number of aryl methyl sites for hydroxylation is 1. The molecule has 0 radical (unpaired) electrons. The van der Waals surface area contributed by atoms with Crippen LogP contribution in [0.25, 0.3) is 0 Å². The van der Waals surface area contributed by atoms with Gasteiger partial charge in [0.15, 0.2) is 0 Å². The summed E-state index contributed by atoms with van der Waals surface area (Å²) >= 11 is 0. The van der Waals surface area contributed by atoms with Crippen molar-refractivity contribution in [3.63, 3.8) is 0 Å². The van der Waals surface area contributed by atoms with E-state index in [4.69, 9.17) is 5.11 Å². The van der Waals surface area contributed by atoms with Gasteiger partial charge in [-0.05, 0) is 31.7 Å². The first-order chi connectivity index (χ1) is 9.81. The Morgan fingerprint density at radius 3 is 2.43 bits per heavy atom. The van der Waals surface area contributed by atoms with E-state index in [0.29, 0.717) is 0 Å². The smallest absolute Gasteiger partial charge is 0.305 e. The third-order valence-electron chi connectivity index (χ3n) is 3.58. The minimum absolute atomic E-state index is 0.0498. The van der Waals surface area contributed by atoms with Gasteiger partial charge in [0.2, 0.25) is 5.91 Å². The van der Waals surface area contributed by atoms with E-state index in [2.05, 4.69) is 17.4 Å². The van der Waals surface area contributed by atoms with Crippen molar-refractivity contribution >= 4 is 11.9 Å². The molecule has 1 rings (SSSR count). The Hall–Kier alpha value is -1.84. The molecule has 1 unspecified atom stereocenters. The Morgan fingerprint density at radius 2 is 1.86 bits per heavy atom. The van der Waals surface area contributed by atoms with Gasteiger partial charge < -0.3 is 10.4 Å². The van der Waals surface area contributed by atoms with Gasteiger partial charge in [0.25, 0.3) is 0 Å². The lowest BCUT2D eigenvalue weighted by molar-refractivity contribution is -0.138. The highest BCUT2D eigenvalue weighted by Gasteiger charge is 2.28. The molecule has 1 aromatic carbocycles. The quantitative estimate of drug-likeness (QED) is 0.773. The van der Waals surface area contributed by atoms with E-state index >= 15 is 0 Å². The van der Waals surface area contributed by atoms with Crippen LogP contribution in [0.1, 0.15) is 45.6 Å². The Morgan fingerprint density at radius 1 is 1.24 bits per heavy atom. The first kappa shape index (κ1) is 17.2. The fourth-order valence-corrected chi connectivity index (χ4v) is 2.22. The zero-order valence-corrected chi connectivity index (χ0v) is 13.1. The lowest BCUT2D eigenvalue weighted by atomic mass is 9.85. The number of carboxylic acids is 1. The molecule has 0 bridgehead atoms. The van der Waals surface area contributed by atoms with Crippen LogP contribution >= 0.6 is 0 Å². The van der Waals surface area contributed by atoms with Crippen LogP contribution in [0.5, 0.6) is 0 Å². The summed E-state index contributed by atoms with van der Waals surface area (Å²) in [6.07, 6.45) is 2.60. The number of rotatable bonds is 8. The number of aliphatic carboxylic acids is 1. The van der Waals surface area contributed by atoms with Crippen molar-refractivity contribution in [3.05, 3.63) is 35.9 Å². The van der Waals surface area contributed by atoms with Crippen LogP contribution in [-0.4, -0.2) is 23.0 Å². The molecule has 0 heterocycles. The molecule has 0 aliphatic heterocycles. The van der Waals surface area contributed by atoms with Gasteiger partial charge in [-0.2, -0.15) is 0 Å². The average Bonchev–Trinajstić information content (AvgIpc) is 2.38. The number of hydrogen-bond acceptors (Lipinski definition) is 2. The third kappa shape index (κ3) is 6.43. The summed E-state index contributed by atoms with van der Waals surface area (Å²) < 4.78 is 0. The molecule has 0 aliphatic rings. The molecule has 0 saturated carbocycles. The molecule has 4 heteroatoms. The Bertz CT molecular complexity index is 468. The van der Waals surface area contributed by atoms with Crippen LogP contribution in [0, 0.1) is 5.41 Å². The summed E-state index contributed by atoms with van der Waals surface area (Å²) in [6.45, 7) is 5.52. The molecule has 0 saturated heterocycles. The monoisotopic (exact) mass is 291 g/mol. The normalized spacial score (nSPS) is 12.7. The molecule has 4 nitrogen and oxygen atoms in total. The second-order valence-corrected chi connectivity index (χ2v) is 6.20. The minimum Gasteiger partial charge on any atom is -0.481 e. The van der Waals surface area contributed by atoms with Crippen LogP contribution in [0.3, 0.4) is 0 Å². The molecule has 2 N–H and O–H groups in total. The number of hydrogen-bond donors (Lipinski definition) is 2. The number of carbonyl (C=O) groups excluding carboxylic acids is 1. The van der Waals surface area contributed by atoms with E-state index in [0.717, 1.165) is 19.3 Å². The summed E-state index contributed by atoms with van der Waals surface area (Å²) in [5.74, 6) is -0.978. The maximum atomic E-state index is 12.2. The first-order valence-electron chi connectivity index (χ1n) is 7.38. The molecular weight excluding hydrogens is 266 g/mol. The van der Waals surface area contributed by atoms with E-state index < -0.39 is 11.4 Å². The lowest BCUT2D eigenvalue weighted by Gasteiger charge is -2.25. The van der Waals surface area contributed by atoms with Crippen molar-refractivity contribution in [1.29, 1.82) is 0 Å². The highest BCUT2D eigenvalue weighted by molar-refractivity contribution is 5.82. The van der Waals surface area contributed by atoms with Gasteiger partial charge in [-0.15, -0.1) is 0 Å². The van der Waals surface area contributed by atoms with E-state index in [1.165, 1.54) is 5.56 Å². The van der Waals surface area contributed by atoms with Crippen molar-refractivity contribution in [1.82, 2.24) is 5.32 Å². The van der Waals surface area contributed by atoms with Crippen LogP contribution in [0.15, 0.2) is 30.3 Å². The van der Waals surface area contributed by atoms with E-state index in [9.17, 15) is 9.59 Å². The zero-order valence-electron chi connectivity index (χ0n) is 13.1. The predicted octanol–water partition coefficient (Wildman–Crippen LogP) is 3.01. The maximum Gasteiger partial charge on any atom is 0.305 e. The van der Waals surface area contributed by atoms with Crippen molar-refractivity contribution in [2.75, 3.05) is 0 Å². The van der Waals surface area contributed by atoms with Crippen molar-refractivity contribution < 1.29 is 14.7 Å². The van der Waals surface area contributed by atoms with Crippen LogP contribution < -0.4 is 5.32 Å². The average molecular weight is 291 g/mol. The molecule has 0 aliphatic carbocycles. The summed E-state index contributed by atoms with van der Waals surface area (Å²) in [6, 6.07) is 9.85. The number of amides is 1. The fourth-order valence-electron chi connectivity index (χ4n) is 2.22. The predicted molar refractivity (Wildman–Crippen MR) is 83.0 cm³/mol. The fraction of sp³-hybridized carbons (Fsp3) is 0.529. The van der Waals surface area contributed by atoms with E-state index in [1.54, 1.807) is 6.92 Å². The highest BCUT2D eigenvalue weighted by atomic mass is 16.4. The van der Waals surface area contributed by atoms with Gasteiger partial charge in [0.1, 0.15) is 0 Å².